The summed E-state index contributed by atoms with van der Waals surface area (Å²) in [7, 11) is 0. The molecule has 1 saturated carbocycles. The Labute approximate surface area is 136 Å². The Balaban J connectivity index is 1.82. The molecule has 0 saturated heterocycles. The minimum atomic E-state index is -0.466. The number of hydrogen-bond donors (Lipinski definition) is 0. The van der Waals surface area contributed by atoms with Gasteiger partial charge in [0.2, 0.25) is 5.16 Å². The summed E-state index contributed by atoms with van der Waals surface area (Å²) in [6.07, 6.45) is 5.79. The molecule has 1 fully saturated rings. The van der Waals surface area contributed by atoms with E-state index in [0.29, 0.717) is 21.1 Å². The number of hydrogen-bond acceptors (Lipinski definition) is 6. The average Bonchev–Trinajstić information content (AvgIpc) is 2.98. The third-order valence-corrected chi connectivity index (χ3v) is 5.16. The lowest BCUT2D eigenvalue weighted by molar-refractivity contribution is -0.384. The SMILES string of the molecule is O=[N+]([O-])c1ccc(Sc2nnnn2C2CCCCC2)c(Cl)c1. The van der Waals surface area contributed by atoms with Gasteiger partial charge in [-0.25, -0.2) is 4.68 Å². The normalized spacial score (nSPS) is 15.9. The van der Waals surface area contributed by atoms with Crippen LogP contribution in [0.1, 0.15) is 38.1 Å². The molecule has 1 aliphatic carbocycles. The fourth-order valence-corrected chi connectivity index (χ4v) is 3.73. The molecular weight excluding hydrogens is 326 g/mol. The van der Waals surface area contributed by atoms with Gasteiger partial charge in [-0.2, -0.15) is 0 Å². The summed E-state index contributed by atoms with van der Waals surface area (Å²) in [6, 6.07) is 4.73. The number of halogens is 1. The van der Waals surface area contributed by atoms with E-state index in [0.717, 1.165) is 12.8 Å². The zero-order chi connectivity index (χ0) is 15.5. The van der Waals surface area contributed by atoms with Crippen molar-refractivity contribution in [3.05, 3.63) is 33.3 Å². The molecule has 0 amide bonds. The zero-order valence-corrected chi connectivity index (χ0v) is 13.3. The quantitative estimate of drug-likeness (QED) is 0.620. The Kier molecular flexibility index (Phi) is 4.58. The van der Waals surface area contributed by atoms with Crippen LogP contribution in [-0.4, -0.2) is 25.1 Å². The molecular formula is C13H14ClN5O2S. The number of non-ortho nitro benzene ring substituents is 1. The first-order valence-electron chi connectivity index (χ1n) is 7.05. The number of benzene rings is 1. The van der Waals surface area contributed by atoms with Crippen molar-refractivity contribution >= 4 is 29.1 Å². The average molecular weight is 340 g/mol. The molecule has 0 radical (unpaired) electrons. The van der Waals surface area contributed by atoms with Crippen LogP contribution in [0.4, 0.5) is 5.69 Å². The van der Waals surface area contributed by atoms with E-state index < -0.39 is 4.92 Å². The van der Waals surface area contributed by atoms with Crippen LogP contribution in [0, 0.1) is 10.1 Å². The molecule has 0 spiro atoms. The van der Waals surface area contributed by atoms with Crippen LogP contribution in [0.2, 0.25) is 5.02 Å². The monoisotopic (exact) mass is 339 g/mol. The van der Waals surface area contributed by atoms with E-state index >= 15 is 0 Å². The maximum Gasteiger partial charge on any atom is 0.270 e. The minimum Gasteiger partial charge on any atom is -0.258 e. The van der Waals surface area contributed by atoms with Gasteiger partial charge in [0.25, 0.3) is 5.69 Å². The zero-order valence-electron chi connectivity index (χ0n) is 11.7. The molecule has 0 aliphatic heterocycles. The van der Waals surface area contributed by atoms with Crippen LogP contribution in [0.3, 0.4) is 0 Å². The van der Waals surface area contributed by atoms with Gasteiger partial charge in [0.1, 0.15) is 0 Å². The van der Waals surface area contributed by atoms with Gasteiger partial charge in [0, 0.05) is 17.0 Å². The van der Waals surface area contributed by atoms with E-state index in [1.807, 2.05) is 4.68 Å². The molecule has 1 aromatic carbocycles. The number of rotatable bonds is 4. The summed E-state index contributed by atoms with van der Waals surface area (Å²) in [5.74, 6) is 0. The van der Waals surface area contributed by atoms with E-state index in [9.17, 15) is 10.1 Å². The van der Waals surface area contributed by atoms with Crippen molar-refractivity contribution in [3.8, 4) is 0 Å². The first-order chi connectivity index (χ1) is 10.6. The molecule has 1 heterocycles. The molecule has 116 valence electrons. The van der Waals surface area contributed by atoms with E-state index in [1.165, 1.54) is 43.2 Å². The predicted octanol–water partition coefficient (Wildman–Crippen LogP) is 3.89. The highest BCUT2D eigenvalue weighted by atomic mass is 35.5. The molecule has 0 atom stereocenters. The van der Waals surface area contributed by atoms with E-state index in [1.54, 1.807) is 6.07 Å². The van der Waals surface area contributed by atoms with Crippen molar-refractivity contribution in [3.63, 3.8) is 0 Å². The second kappa shape index (κ2) is 6.62. The van der Waals surface area contributed by atoms with Crippen molar-refractivity contribution in [1.29, 1.82) is 0 Å². The van der Waals surface area contributed by atoms with Gasteiger partial charge < -0.3 is 0 Å². The molecule has 0 N–H and O–H groups in total. The summed E-state index contributed by atoms with van der Waals surface area (Å²) >= 11 is 7.46. The molecule has 22 heavy (non-hydrogen) atoms. The molecule has 7 nitrogen and oxygen atoms in total. The second-order valence-corrected chi connectivity index (χ2v) is 6.59. The Bertz CT molecular complexity index is 687. The van der Waals surface area contributed by atoms with Crippen molar-refractivity contribution in [2.75, 3.05) is 0 Å². The molecule has 0 unspecified atom stereocenters. The Morgan fingerprint density at radius 3 is 2.77 bits per heavy atom. The second-order valence-electron chi connectivity index (χ2n) is 5.17. The van der Waals surface area contributed by atoms with Gasteiger partial charge in [-0.3, -0.25) is 10.1 Å². The van der Waals surface area contributed by atoms with Crippen LogP contribution >= 0.6 is 23.4 Å². The van der Waals surface area contributed by atoms with Gasteiger partial charge in [0.05, 0.1) is 16.0 Å². The summed E-state index contributed by atoms with van der Waals surface area (Å²) in [5, 5.41) is 23.7. The van der Waals surface area contributed by atoms with Gasteiger partial charge in [0.15, 0.2) is 0 Å². The van der Waals surface area contributed by atoms with Crippen molar-refractivity contribution in [2.24, 2.45) is 0 Å². The standard InChI is InChI=1S/C13H14ClN5O2S/c14-11-8-10(19(20)21)6-7-12(11)22-13-15-16-17-18(13)9-4-2-1-3-5-9/h6-9H,1-5H2. The van der Waals surface area contributed by atoms with Gasteiger partial charge >= 0.3 is 0 Å². The van der Waals surface area contributed by atoms with Gasteiger partial charge in [-0.1, -0.05) is 30.9 Å². The molecule has 1 aliphatic rings. The molecule has 0 bridgehead atoms. The number of nitro benzene ring substituents is 1. The lowest BCUT2D eigenvalue weighted by atomic mass is 9.96. The van der Waals surface area contributed by atoms with Crippen molar-refractivity contribution < 1.29 is 4.92 Å². The fraction of sp³-hybridized carbons (Fsp3) is 0.462. The highest BCUT2D eigenvalue weighted by Gasteiger charge is 2.21. The maximum atomic E-state index is 10.7. The molecule has 2 aromatic rings. The first kappa shape index (κ1) is 15.2. The Morgan fingerprint density at radius 1 is 1.32 bits per heavy atom. The number of aromatic nitrogens is 4. The van der Waals surface area contributed by atoms with Crippen LogP contribution in [0.15, 0.2) is 28.3 Å². The maximum absolute atomic E-state index is 10.7. The minimum absolute atomic E-state index is 0.0266. The van der Waals surface area contributed by atoms with E-state index in [2.05, 4.69) is 15.5 Å². The predicted molar refractivity (Wildman–Crippen MR) is 82.2 cm³/mol. The molecule has 1 aromatic heterocycles. The topological polar surface area (TPSA) is 86.7 Å². The van der Waals surface area contributed by atoms with Crippen LogP contribution in [0.5, 0.6) is 0 Å². The smallest absolute Gasteiger partial charge is 0.258 e. The first-order valence-corrected chi connectivity index (χ1v) is 8.24. The Hall–Kier alpha value is -1.67. The number of tetrazole rings is 1. The van der Waals surface area contributed by atoms with E-state index in [4.69, 9.17) is 11.6 Å². The lowest BCUT2D eigenvalue weighted by Gasteiger charge is -2.22. The highest BCUT2D eigenvalue weighted by molar-refractivity contribution is 7.99. The van der Waals surface area contributed by atoms with Crippen molar-refractivity contribution in [1.82, 2.24) is 20.2 Å². The van der Waals surface area contributed by atoms with Gasteiger partial charge in [-0.15, -0.1) is 5.10 Å². The molecule has 3 rings (SSSR count). The van der Waals surface area contributed by atoms with Gasteiger partial charge in [-0.05, 0) is 41.1 Å². The van der Waals surface area contributed by atoms with Crippen LogP contribution in [0.25, 0.3) is 0 Å². The number of nitro groups is 1. The largest absolute Gasteiger partial charge is 0.270 e. The third kappa shape index (κ3) is 3.22. The van der Waals surface area contributed by atoms with E-state index in [-0.39, 0.29) is 5.69 Å². The lowest BCUT2D eigenvalue weighted by Crippen LogP contribution is -2.15. The van der Waals surface area contributed by atoms with Crippen molar-refractivity contribution in [2.45, 2.75) is 48.2 Å². The summed E-state index contributed by atoms with van der Waals surface area (Å²) in [4.78, 5) is 11.0. The van der Waals surface area contributed by atoms with Crippen LogP contribution in [-0.2, 0) is 0 Å². The summed E-state index contributed by atoms with van der Waals surface area (Å²) in [5.41, 5.74) is -0.0266. The summed E-state index contributed by atoms with van der Waals surface area (Å²) in [6.45, 7) is 0. The highest BCUT2D eigenvalue weighted by Crippen LogP contribution is 2.36. The van der Waals surface area contributed by atoms with Crippen LogP contribution < -0.4 is 0 Å². The molecule has 9 heteroatoms. The Morgan fingerprint density at radius 2 is 2.09 bits per heavy atom. The third-order valence-electron chi connectivity index (χ3n) is 3.71. The summed E-state index contributed by atoms with van der Waals surface area (Å²) < 4.78 is 1.85. The fourth-order valence-electron chi connectivity index (χ4n) is 2.59. The number of nitrogens with zero attached hydrogens (tertiary/aromatic N) is 5.